The van der Waals surface area contributed by atoms with Crippen LogP contribution in [0.4, 0.5) is 11.4 Å². The summed E-state index contributed by atoms with van der Waals surface area (Å²) in [5, 5.41) is 1.75. The SMILES string of the molecule is CCS(=O)(=O)C(C)C(=O)Nc1cc(Cl)ccc1N. The fourth-order valence-corrected chi connectivity index (χ4v) is 2.34. The van der Waals surface area contributed by atoms with Crippen molar-refractivity contribution >= 4 is 38.7 Å². The monoisotopic (exact) mass is 290 g/mol. The van der Waals surface area contributed by atoms with Gasteiger partial charge < -0.3 is 11.1 Å². The van der Waals surface area contributed by atoms with Gasteiger partial charge in [-0.05, 0) is 25.1 Å². The first-order valence-electron chi connectivity index (χ1n) is 5.35. The Morgan fingerprint density at radius 2 is 2.11 bits per heavy atom. The average Bonchev–Trinajstić information content (AvgIpc) is 2.32. The Bertz CT molecular complexity index is 557. The molecule has 18 heavy (non-hydrogen) atoms. The number of hydrogen-bond acceptors (Lipinski definition) is 4. The summed E-state index contributed by atoms with van der Waals surface area (Å²) in [5.41, 5.74) is 6.30. The highest BCUT2D eigenvalue weighted by molar-refractivity contribution is 7.92. The normalized spacial score (nSPS) is 13.1. The van der Waals surface area contributed by atoms with Crippen LogP contribution in [-0.2, 0) is 14.6 Å². The fraction of sp³-hybridized carbons (Fsp3) is 0.364. The van der Waals surface area contributed by atoms with Gasteiger partial charge in [-0.25, -0.2) is 8.42 Å². The van der Waals surface area contributed by atoms with Crippen molar-refractivity contribution in [2.75, 3.05) is 16.8 Å². The maximum absolute atomic E-state index is 11.8. The van der Waals surface area contributed by atoms with Gasteiger partial charge in [0.15, 0.2) is 9.84 Å². The summed E-state index contributed by atoms with van der Waals surface area (Å²) in [6.45, 7) is 2.84. The third kappa shape index (κ3) is 3.36. The Morgan fingerprint density at radius 1 is 1.50 bits per heavy atom. The molecule has 3 N–H and O–H groups in total. The lowest BCUT2D eigenvalue weighted by Crippen LogP contribution is -2.33. The van der Waals surface area contributed by atoms with E-state index in [-0.39, 0.29) is 5.75 Å². The van der Waals surface area contributed by atoms with Gasteiger partial charge in [0.1, 0.15) is 5.25 Å². The summed E-state index contributed by atoms with van der Waals surface area (Å²) in [6, 6.07) is 4.59. The van der Waals surface area contributed by atoms with Gasteiger partial charge >= 0.3 is 0 Å². The van der Waals surface area contributed by atoms with E-state index in [9.17, 15) is 13.2 Å². The Kier molecular flexibility index (Phi) is 4.59. The molecule has 0 saturated heterocycles. The highest BCUT2D eigenvalue weighted by Crippen LogP contribution is 2.23. The van der Waals surface area contributed by atoms with Gasteiger partial charge in [0, 0.05) is 10.8 Å². The molecule has 0 radical (unpaired) electrons. The van der Waals surface area contributed by atoms with E-state index in [1.165, 1.54) is 26.0 Å². The number of carbonyl (C=O) groups is 1. The van der Waals surface area contributed by atoms with Crippen molar-refractivity contribution in [1.82, 2.24) is 0 Å². The molecule has 7 heteroatoms. The molecule has 0 aliphatic carbocycles. The number of halogens is 1. The number of anilines is 2. The third-order valence-electron chi connectivity index (χ3n) is 2.58. The van der Waals surface area contributed by atoms with Gasteiger partial charge in [-0.3, -0.25) is 4.79 Å². The van der Waals surface area contributed by atoms with E-state index in [4.69, 9.17) is 17.3 Å². The second kappa shape index (κ2) is 5.58. The summed E-state index contributed by atoms with van der Waals surface area (Å²) in [7, 11) is -3.43. The van der Waals surface area contributed by atoms with Crippen molar-refractivity contribution in [1.29, 1.82) is 0 Å². The Hall–Kier alpha value is -1.27. The Balaban J connectivity index is 2.92. The topological polar surface area (TPSA) is 89.3 Å². The molecule has 0 aliphatic rings. The molecule has 1 rings (SSSR count). The number of amides is 1. The molecule has 100 valence electrons. The van der Waals surface area contributed by atoms with Crippen LogP contribution >= 0.6 is 11.6 Å². The predicted molar refractivity (Wildman–Crippen MR) is 73.4 cm³/mol. The first kappa shape index (κ1) is 14.8. The van der Waals surface area contributed by atoms with Crippen LogP contribution in [0.15, 0.2) is 18.2 Å². The molecule has 0 fully saturated rings. The van der Waals surface area contributed by atoms with E-state index < -0.39 is 21.0 Å². The Labute approximate surface area is 111 Å². The van der Waals surface area contributed by atoms with E-state index in [0.29, 0.717) is 16.4 Å². The lowest BCUT2D eigenvalue weighted by atomic mass is 10.2. The van der Waals surface area contributed by atoms with Crippen LogP contribution in [0.2, 0.25) is 5.02 Å². The first-order chi connectivity index (χ1) is 8.27. The van der Waals surface area contributed by atoms with Gasteiger partial charge in [-0.2, -0.15) is 0 Å². The third-order valence-corrected chi connectivity index (χ3v) is 4.91. The van der Waals surface area contributed by atoms with Gasteiger partial charge in [0.05, 0.1) is 11.4 Å². The molecule has 0 aliphatic heterocycles. The lowest BCUT2D eigenvalue weighted by molar-refractivity contribution is -0.115. The van der Waals surface area contributed by atoms with E-state index >= 15 is 0 Å². The minimum atomic E-state index is -3.43. The summed E-state index contributed by atoms with van der Waals surface area (Å²) in [4.78, 5) is 11.8. The molecule has 1 aromatic rings. The fourth-order valence-electron chi connectivity index (χ4n) is 1.28. The van der Waals surface area contributed by atoms with Crippen LogP contribution in [0.25, 0.3) is 0 Å². The number of rotatable bonds is 4. The number of carbonyl (C=O) groups excluding carboxylic acids is 1. The second-order valence-electron chi connectivity index (χ2n) is 3.81. The lowest BCUT2D eigenvalue weighted by Gasteiger charge is -2.13. The number of sulfone groups is 1. The summed E-state index contributed by atoms with van der Waals surface area (Å²) in [5.74, 6) is -0.710. The van der Waals surface area contributed by atoms with Crippen LogP contribution in [0.1, 0.15) is 13.8 Å². The van der Waals surface area contributed by atoms with Crippen LogP contribution in [0, 0.1) is 0 Å². The van der Waals surface area contributed by atoms with Gasteiger partial charge in [-0.1, -0.05) is 18.5 Å². The van der Waals surface area contributed by atoms with Crippen LogP contribution in [-0.4, -0.2) is 25.3 Å². The molecule has 0 spiro atoms. The minimum Gasteiger partial charge on any atom is -0.397 e. The molecular formula is C11H15ClN2O3S. The van der Waals surface area contributed by atoms with Gasteiger partial charge in [-0.15, -0.1) is 0 Å². The number of nitrogens with one attached hydrogen (secondary N) is 1. The van der Waals surface area contributed by atoms with Crippen molar-refractivity contribution in [2.45, 2.75) is 19.1 Å². The summed E-state index contributed by atoms with van der Waals surface area (Å²) in [6.07, 6.45) is 0. The zero-order valence-corrected chi connectivity index (χ0v) is 11.7. The number of benzene rings is 1. The first-order valence-corrected chi connectivity index (χ1v) is 7.44. The molecule has 0 aromatic heterocycles. The maximum atomic E-state index is 11.8. The van der Waals surface area contributed by atoms with Crippen molar-refractivity contribution in [3.05, 3.63) is 23.2 Å². The summed E-state index contributed by atoms with van der Waals surface area (Å²) < 4.78 is 23.1. The number of hydrogen-bond donors (Lipinski definition) is 2. The smallest absolute Gasteiger partial charge is 0.242 e. The molecular weight excluding hydrogens is 276 g/mol. The van der Waals surface area contributed by atoms with Crippen LogP contribution < -0.4 is 11.1 Å². The molecule has 0 bridgehead atoms. The number of nitrogen functional groups attached to an aromatic ring is 1. The standard InChI is InChI=1S/C11H15ClN2O3S/c1-3-18(16,17)7(2)11(15)14-10-6-8(12)4-5-9(10)13/h4-7H,3,13H2,1-2H3,(H,14,15). The van der Waals surface area contributed by atoms with Crippen molar-refractivity contribution in [3.8, 4) is 0 Å². The average molecular weight is 291 g/mol. The molecule has 1 aromatic carbocycles. The molecule has 1 atom stereocenters. The zero-order chi connectivity index (χ0) is 13.9. The van der Waals surface area contributed by atoms with Gasteiger partial charge in [0.25, 0.3) is 0 Å². The quantitative estimate of drug-likeness (QED) is 0.826. The molecule has 0 heterocycles. The second-order valence-corrected chi connectivity index (χ2v) is 6.86. The van der Waals surface area contributed by atoms with Crippen molar-refractivity contribution in [3.63, 3.8) is 0 Å². The zero-order valence-electron chi connectivity index (χ0n) is 10.1. The minimum absolute atomic E-state index is 0.0907. The maximum Gasteiger partial charge on any atom is 0.242 e. The van der Waals surface area contributed by atoms with Crippen LogP contribution in [0.5, 0.6) is 0 Å². The largest absolute Gasteiger partial charge is 0.397 e. The number of nitrogens with two attached hydrogens (primary N) is 1. The van der Waals surface area contributed by atoms with E-state index in [2.05, 4.69) is 5.32 Å². The van der Waals surface area contributed by atoms with E-state index in [0.717, 1.165) is 0 Å². The van der Waals surface area contributed by atoms with Crippen LogP contribution in [0.3, 0.4) is 0 Å². The highest BCUT2D eigenvalue weighted by Gasteiger charge is 2.26. The van der Waals surface area contributed by atoms with E-state index in [1.54, 1.807) is 6.07 Å². The molecule has 0 saturated carbocycles. The van der Waals surface area contributed by atoms with Crippen molar-refractivity contribution < 1.29 is 13.2 Å². The molecule has 5 nitrogen and oxygen atoms in total. The predicted octanol–water partition coefficient (Wildman–Crippen LogP) is 1.68. The molecule has 1 amide bonds. The van der Waals surface area contributed by atoms with E-state index in [1.807, 2.05) is 0 Å². The molecule has 1 unspecified atom stereocenters. The Morgan fingerprint density at radius 3 is 2.67 bits per heavy atom. The van der Waals surface area contributed by atoms with Gasteiger partial charge in [0.2, 0.25) is 5.91 Å². The summed E-state index contributed by atoms with van der Waals surface area (Å²) >= 11 is 5.77. The van der Waals surface area contributed by atoms with Crippen molar-refractivity contribution in [2.24, 2.45) is 0 Å². The highest BCUT2D eigenvalue weighted by atomic mass is 35.5.